The molecule has 6 nitrogen and oxygen atoms in total. The van der Waals surface area contributed by atoms with E-state index in [1.807, 2.05) is 6.08 Å². The largest absolute Gasteiger partial charge is 0.387 e. The normalized spacial score (nSPS) is 13.7. The number of carbonyl (C=O) groups is 1. The summed E-state index contributed by atoms with van der Waals surface area (Å²) in [5, 5.41) is 13.2. The Morgan fingerprint density at radius 3 is 1.37 bits per heavy atom. The van der Waals surface area contributed by atoms with Gasteiger partial charge in [-0.25, -0.2) is 0 Å². The van der Waals surface area contributed by atoms with Crippen molar-refractivity contribution in [2.45, 2.75) is 219 Å². The second kappa shape index (κ2) is 38.0. The Hall–Kier alpha value is -1.70. The molecule has 0 radical (unpaired) electrons. The summed E-state index contributed by atoms with van der Waals surface area (Å²) in [6.45, 7) is 4.51. The van der Waals surface area contributed by atoms with Crippen LogP contribution in [0.2, 0.25) is 0 Å². The fourth-order valence-corrected chi connectivity index (χ4v) is 6.99. The molecule has 1 amide bonds. The minimum atomic E-state index is -4.36. The first kappa shape index (κ1) is 49.3. The van der Waals surface area contributed by atoms with Crippen LogP contribution in [-0.4, -0.2) is 41.9 Å². The van der Waals surface area contributed by atoms with Gasteiger partial charge in [0.1, 0.15) is 0 Å². The molecule has 0 saturated heterocycles. The molecule has 0 fully saturated rings. The first-order valence-electron chi connectivity index (χ1n) is 21.3. The van der Waals surface area contributed by atoms with E-state index in [1.54, 1.807) is 0 Å². The van der Waals surface area contributed by atoms with Crippen molar-refractivity contribution in [3.05, 3.63) is 48.6 Å². The van der Waals surface area contributed by atoms with Crippen molar-refractivity contribution in [1.82, 2.24) is 5.32 Å². The summed E-state index contributed by atoms with van der Waals surface area (Å²) in [6.07, 6.45) is 51.0. The zero-order valence-corrected chi connectivity index (χ0v) is 34.0. The number of amides is 1. The summed E-state index contributed by atoms with van der Waals surface area (Å²) in [6, 6.07) is -1.08. The molecular formula is C44H81NO5S. The highest BCUT2D eigenvalue weighted by Gasteiger charge is 2.24. The van der Waals surface area contributed by atoms with Crippen LogP contribution < -0.4 is 5.32 Å². The van der Waals surface area contributed by atoms with Crippen LogP contribution in [0.1, 0.15) is 206 Å². The van der Waals surface area contributed by atoms with E-state index in [-0.39, 0.29) is 12.3 Å². The van der Waals surface area contributed by atoms with Crippen LogP contribution in [0.5, 0.6) is 0 Å². The Balaban J connectivity index is 3.97. The van der Waals surface area contributed by atoms with Crippen molar-refractivity contribution >= 4 is 16.0 Å². The monoisotopic (exact) mass is 736 g/mol. The lowest BCUT2D eigenvalue weighted by Gasteiger charge is -2.21. The summed E-state index contributed by atoms with van der Waals surface area (Å²) in [7, 11) is -4.36. The third-order valence-electron chi connectivity index (χ3n) is 9.48. The molecule has 0 rings (SSSR count). The highest BCUT2D eigenvalue weighted by atomic mass is 32.2. The van der Waals surface area contributed by atoms with E-state index in [0.717, 1.165) is 51.4 Å². The molecular weight excluding hydrogens is 655 g/mol. The van der Waals surface area contributed by atoms with Gasteiger partial charge in [-0.05, 0) is 64.2 Å². The molecule has 0 aromatic heterocycles. The molecule has 2 atom stereocenters. The van der Waals surface area contributed by atoms with Gasteiger partial charge in [0, 0.05) is 6.42 Å². The third kappa shape index (κ3) is 39.3. The van der Waals surface area contributed by atoms with Crippen LogP contribution in [0, 0.1) is 0 Å². The predicted octanol–water partition coefficient (Wildman–Crippen LogP) is 12.7. The second-order valence-corrected chi connectivity index (χ2v) is 16.1. The van der Waals surface area contributed by atoms with Gasteiger partial charge in [-0.3, -0.25) is 9.35 Å². The number of allylic oxidation sites excluding steroid dienone is 7. The molecule has 0 aromatic rings. The number of aliphatic hydroxyl groups is 1. The molecule has 0 heterocycles. The maximum atomic E-state index is 12.5. The fraction of sp³-hybridized carbons (Fsp3) is 0.795. The summed E-state index contributed by atoms with van der Waals surface area (Å²) in [5.74, 6) is -1.02. The minimum Gasteiger partial charge on any atom is -0.387 e. The van der Waals surface area contributed by atoms with Crippen molar-refractivity contribution in [3.8, 4) is 0 Å². The standard InChI is InChI=1S/C44H81NO5S/c1-3-5-7-9-11-13-15-17-19-21-22-23-24-25-27-29-31-33-35-37-39-43(46)42(41-51(48,49)50)45-44(47)40-38-36-34-32-30-28-26-20-18-16-14-12-10-8-6-4-2/h14,16,20,26,29,31,37,39,42-43,46H,3-13,15,17-19,21-25,27-28,30,32-36,38,40-41H2,1-2H3,(H,45,47)(H,48,49,50)/b16-14-,26-20-,31-29+,39-37+. The molecule has 7 heteroatoms. The molecule has 0 bridgehead atoms. The van der Waals surface area contributed by atoms with Crippen molar-refractivity contribution in [3.63, 3.8) is 0 Å². The van der Waals surface area contributed by atoms with Gasteiger partial charge in [-0.15, -0.1) is 0 Å². The summed E-state index contributed by atoms with van der Waals surface area (Å²) < 4.78 is 32.5. The quantitative estimate of drug-likeness (QED) is 0.0333. The minimum absolute atomic E-state index is 0.271. The van der Waals surface area contributed by atoms with Gasteiger partial charge < -0.3 is 10.4 Å². The van der Waals surface area contributed by atoms with Crippen LogP contribution in [0.25, 0.3) is 0 Å². The van der Waals surface area contributed by atoms with E-state index < -0.39 is 28.0 Å². The van der Waals surface area contributed by atoms with Crippen LogP contribution >= 0.6 is 0 Å². The van der Waals surface area contributed by atoms with Gasteiger partial charge in [-0.2, -0.15) is 8.42 Å². The van der Waals surface area contributed by atoms with Crippen molar-refractivity contribution in [1.29, 1.82) is 0 Å². The van der Waals surface area contributed by atoms with Gasteiger partial charge in [0.05, 0.1) is 17.9 Å². The number of nitrogens with one attached hydrogen (secondary N) is 1. The topological polar surface area (TPSA) is 104 Å². The van der Waals surface area contributed by atoms with Gasteiger partial charge in [0.2, 0.25) is 5.91 Å². The zero-order chi connectivity index (χ0) is 37.5. The van der Waals surface area contributed by atoms with Crippen molar-refractivity contribution in [2.75, 3.05) is 5.75 Å². The van der Waals surface area contributed by atoms with Crippen molar-refractivity contribution < 1.29 is 22.9 Å². The number of rotatable bonds is 38. The maximum Gasteiger partial charge on any atom is 0.267 e. The van der Waals surface area contributed by atoms with E-state index in [4.69, 9.17) is 0 Å². The third-order valence-corrected chi connectivity index (χ3v) is 10.3. The summed E-state index contributed by atoms with van der Waals surface area (Å²) in [5.41, 5.74) is 0. The molecule has 2 unspecified atom stereocenters. The van der Waals surface area contributed by atoms with E-state index in [2.05, 4.69) is 55.6 Å². The molecule has 0 aromatic carbocycles. The molecule has 0 aliphatic carbocycles. The second-order valence-electron chi connectivity index (χ2n) is 14.6. The molecule has 3 N–H and O–H groups in total. The van der Waals surface area contributed by atoms with E-state index >= 15 is 0 Å². The van der Waals surface area contributed by atoms with Gasteiger partial charge >= 0.3 is 0 Å². The number of unbranched alkanes of at least 4 members (excludes halogenated alkanes) is 24. The van der Waals surface area contributed by atoms with Gasteiger partial charge in [0.25, 0.3) is 10.1 Å². The highest BCUT2D eigenvalue weighted by molar-refractivity contribution is 7.85. The number of aliphatic hydroxyl groups excluding tert-OH is 1. The first-order valence-corrected chi connectivity index (χ1v) is 22.9. The number of hydrogen-bond donors (Lipinski definition) is 3. The average Bonchev–Trinajstić information content (AvgIpc) is 3.09. The lowest BCUT2D eigenvalue weighted by Crippen LogP contribution is -2.46. The molecule has 51 heavy (non-hydrogen) atoms. The Morgan fingerprint density at radius 1 is 0.529 bits per heavy atom. The van der Waals surface area contributed by atoms with Gasteiger partial charge in [0.15, 0.2) is 0 Å². The Labute approximate surface area is 316 Å². The average molecular weight is 736 g/mol. The van der Waals surface area contributed by atoms with E-state index in [1.165, 1.54) is 128 Å². The zero-order valence-electron chi connectivity index (χ0n) is 33.2. The van der Waals surface area contributed by atoms with Crippen LogP contribution in [0.4, 0.5) is 0 Å². The van der Waals surface area contributed by atoms with Crippen LogP contribution in [0.3, 0.4) is 0 Å². The smallest absolute Gasteiger partial charge is 0.267 e. The molecule has 0 aliphatic heterocycles. The van der Waals surface area contributed by atoms with Crippen molar-refractivity contribution in [2.24, 2.45) is 0 Å². The maximum absolute atomic E-state index is 12.5. The Bertz CT molecular complexity index is 987. The predicted molar refractivity (Wildman–Crippen MR) is 221 cm³/mol. The molecule has 0 saturated carbocycles. The first-order chi connectivity index (χ1) is 24.8. The summed E-state index contributed by atoms with van der Waals surface area (Å²) in [4.78, 5) is 12.5. The fourth-order valence-electron chi connectivity index (χ4n) is 6.26. The molecule has 298 valence electrons. The van der Waals surface area contributed by atoms with E-state index in [9.17, 15) is 22.9 Å². The lowest BCUT2D eigenvalue weighted by atomic mass is 10.0. The highest BCUT2D eigenvalue weighted by Crippen LogP contribution is 2.14. The molecule has 0 aliphatic rings. The number of hydrogen-bond acceptors (Lipinski definition) is 4. The van der Waals surface area contributed by atoms with Crippen LogP contribution in [0.15, 0.2) is 48.6 Å². The Morgan fingerprint density at radius 2 is 0.902 bits per heavy atom. The lowest BCUT2D eigenvalue weighted by molar-refractivity contribution is -0.122. The van der Waals surface area contributed by atoms with Crippen LogP contribution in [-0.2, 0) is 14.9 Å². The molecule has 0 spiro atoms. The summed E-state index contributed by atoms with van der Waals surface area (Å²) >= 11 is 0. The number of carbonyl (C=O) groups excluding carboxylic acids is 1. The Kier molecular flexibility index (Phi) is 36.8. The SMILES string of the molecule is CCCCCC/C=C\C/C=C\CCCCCCCC(=O)NC(CS(=O)(=O)O)C(O)/C=C/CC/C=C/CCCCCCCCCCCCCCCC. The van der Waals surface area contributed by atoms with Gasteiger partial charge in [-0.1, -0.05) is 184 Å². The van der Waals surface area contributed by atoms with E-state index in [0.29, 0.717) is 12.8 Å².